The number of benzene rings is 2. The Bertz CT molecular complexity index is 1260. The van der Waals surface area contributed by atoms with Crippen LogP contribution in [0.3, 0.4) is 0 Å². The van der Waals surface area contributed by atoms with Crippen LogP contribution in [0.1, 0.15) is 90.2 Å². The Balaban J connectivity index is 1.42. The number of aliphatic hydroxyl groups excluding tert-OH is 2. The van der Waals surface area contributed by atoms with Gasteiger partial charge < -0.3 is 24.4 Å². The molecule has 1 aliphatic heterocycles. The summed E-state index contributed by atoms with van der Waals surface area (Å²) in [5.41, 5.74) is 1.40. The molecule has 0 aromatic heterocycles. The first-order valence-electron chi connectivity index (χ1n) is 18.2. The summed E-state index contributed by atoms with van der Waals surface area (Å²) in [7, 11) is 0. The maximum absolute atomic E-state index is 14.2. The lowest BCUT2D eigenvalue weighted by Crippen LogP contribution is -2.56. The zero-order valence-electron chi connectivity index (χ0n) is 29.3. The number of carbonyl (C=O) groups is 2. The second-order valence-electron chi connectivity index (χ2n) is 15.2. The normalized spacial score (nSPS) is 30.6. The van der Waals surface area contributed by atoms with Gasteiger partial charge in [-0.2, -0.15) is 0 Å². The first-order chi connectivity index (χ1) is 23.1. The van der Waals surface area contributed by atoms with Crippen molar-refractivity contribution in [2.45, 2.75) is 117 Å². The molecular formula is C40H57NO7. The summed E-state index contributed by atoms with van der Waals surface area (Å²) in [5.74, 6) is -0.0327. The lowest BCUT2D eigenvalue weighted by atomic mass is 9.56. The third-order valence-corrected chi connectivity index (χ3v) is 11.5. The molecule has 2 aromatic carbocycles. The highest BCUT2D eigenvalue weighted by Gasteiger charge is 2.54. The lowest BCUT2D eigenvalue weighted by molar-refractivity contribution is -0.186. The Morgan fingerprint density at radius 3 is 2.15 bits per heavy atom. The number of nitrogens with zero attached hydrogens (tertiary/aromatic N) is 1. The summed E-state index contributed by atoms with van der Waals surface area (Å²) in [5, 5.41) is 21.1. The van der Waals surface area contributed by atoms with E-state index in [1.807, 2.05) is 81.4 Å². The highest BCUT2D eigenvalue weighted by atomic mass is 16.6. The van der Waals surface area contributed by atoms with Crippen LogP contribution in [0, 0.1) is 35.0 Å². The van der Waals surface area contributed by atoms with Crippen LogP contribution < -0.4 is 0 Å². The van der Waals surface area contributed by atoms with Crippen molar-refractivity contribution in [3.63, 3.8) is 0 Å². The summed E-state index contributed by atoms with van der Waals surface area (Å²) in [4.78, 5) is 29.5. The smallest absolute Gasteiger partial charge is 0.410 e. The molecule has 0 spiro atoms. The largest absolute Gasteiger partial charge is 0.462 e. The Hall–Kier alpha value is -2.94. The van der Waals surface area contributed by atoms with Crippen LogP contribution in [0.5, 0.6) is 0 Å². The van der Waals surface area contributed by atoms with E-state index in [-0.39, 0.29) is 54.6 Å². The molecule has 264 valence electrons. The maximum Gasteiger partial charge on any atom is 0.410 e. The summed E-state index contributed by atoms with van der Waals surface area (Å²) in [6.07, 6.45) is 4.32. The van der Waals surface area contributed by atoms with Gasteiger partial charge in [0.15, 0.2) is 0 Å². The van der Waals surface area contributed by atoms with Crippen molar-refractivity contribution in [3.05, 3.63) is 71.8 Å². The van der Waals surface area contributed by atoms with Crippen LogP contribution in [-0.4, -0.2) is 64.8 Å². The molecule has 2 aromatic rings. The quantitative estimate of drug-likeness (QED) is 0.232. The number of rotatable bonds is 12. The van der Waals surface area contributed by atoms with E-state index >= 15 is 0 Å². The molecule has 8 heteroatoms. The van der Waals surface area contributed by atoms with Crippen LogP contribution in [0.2, 0.25) is 0 Å². The van der Waals surface area contributed by atoms with Gasteiger partial charge in [-0.15, -0.1) is 0 Å². The summed E-state index contributed by atoms with van der Waals surface area (Å²) in [6.45, 7) is 9.34. The van der Waals surface area contributed by atoms with Crippen molar-refractivity contribution in [1.29, 1.82) is 0 Å². The molecule has 1 heterocycles. The zero-order chi connectivity index (χ0) is 34.3. The Kier molecular flexibility index (Phi) is 12.6. The first-order valence-corrected chi connectivity index (χ1v) is 18.2. The second-order valence-corrected chi connectivity index (χ2v) is 15.2. The molecule has 3 aliphatic rings. The number of ether oxygens (including phenoxy) is 3. The molecule has 1 amide bonds. The van der Waals surface area contributed by atoms with Crippen molar-refractivity contribution in [2.75, 3.05) is 13.2 Å². The van der Waals surface area contributed by atoms with Gasteiger partial charge in [-0.05, 0) is 81.8 Å². The van der Waals surface area contributed by atoms with Gasteiger partial charge in [0.25, 0.3) is 0 Å². The monoisotopic (exact) mass is 663 g/mol. The van der Waals surface area contributed by atoms with Crippen LogP contribution >= 0.6 is 0 Å². The SMILES string of the molecule is CCC(C)(C)C(=O)O[C@H]1C[C@H](CO)[C@H](OC(=O)N(Cc2ccccc2)Cc2ccccc2)[C@@H]2CC[C@H](C)[C@H](CC[C@@H]3C[C@H](O)CCO3)[C@H]21. The standard InChI is InChI=1S/C40H57NO7/c1-5-40(3,4)38(44)47-35-22-30(26-42)37(34-18-16-27(2)33(36(34)35)19-17-32-23-31(43)20-21-46-32)48-39(45)41(24-28-12-8-6-9-13-28)25-29-14-10-7-11-15-29/h6-15,27,30-37,42-43H,5,16-26H2,1-4H3/t27-,30+,31+,32+,33-,34+,35-,36+,37-/m0/s1. The van der Waals surface area contributed by atoms with Gasteiger partial charge in [0, 0.05) is 44.1 Å². The van der Waals surface area contributed by atoms with E-state index < -0.39 is 17.6 Å². The Morgan fingerprint density at radius 2 is 1.56 bits per heavy atom. The van der Waals surface area contributed by atoms with E-state index in [0.717, 1.165) is 36.8 Å². The molecule has 3 fully saturated rings. The van der Waals surface area contributed by atoms with Crippen LogP contribution in [0.25, 0.3) is 0 Å². The molecule has 8 nitrogen and oxygen atoms in total. The van der Waals surface area contributed by atoms with E-state index in [4.69, 9.17) is 14.2 Å². The van der Waals surface area contributed by atoms with Gasteiger partial charge in [-0.1, -0.05) is 80.9 Å². The van der Waals surface area contributed by atoms with Crippen LogP contribution in [-0.2, 0) is 32.1 Å². The van der Waals surface area contributed by atoms with Gasteiger partial charge in [0.2, 0.25) is 0 Å². The van der Waals surface area contributed by atoms with Crippen molar-refractivity contribution in [2.24, 2.45) is 35.0 Å². The minimum absolute atomic E-state index is 0.00767. The van der Waals surface area contributed by atoms with Crippen molar-refractivity contribution >= 4 is 12.1 Å². The summed E-state index contributed by atoms with van der Waals surface area (Å²) < 4.78 is 19.0. The molecular weight excluding hydrogens is 606 g/mol. The highest BCUT2D eigenvalue weighted by Crippen LogP contribution is 2.52. The average Bonchev–Trinajstić information content (AvgIpc) is 3.09. The van der Waals surface area contributed by atoms with Crippen LogP contribution in [0.15, 0.2) is 60.7 Å². The van der Waals surface area contributed by atoms with E-state index in [9.17, 15) is 19.8 Å². The topological polar surface area (TPSA) is 106 Å². The molecule has 0 bridgehead atoms. The molecule has 1 saturated heterocycles. The molecule has 2 N–H and O–H groups in total. The third-order valence-electron chi connectivity index (χ3n) is 11.5. The molecule has 0 unspecified atom stereocenters. The minimum Gasteiger partial charge on any atom is -0.462 e. The molecule has 2 saturated carbocycles. The fourth-order valence-electron chi connectivity index (χ4n) is 8.26. The van der Waals surface area contributed by atoms with E-state index in [1.54, 1.807) is 4.90 Å². The second kappa shape index (κ2) is 16.6. The van der Waals surface area contributed by atoms with E-state index in [2.05, 4.69) is 6.92 Å². The number of hydrogen-bond donors (Lipinski definition) is 2. The number of hydrogen-bond acceptors (Lipinski definition) is 7. The fourth-order valence-corrected chi connectivity index (χ4v) is 8.26. The molecule has 2 aliphatic carbocycles. The van der Waals surface area contributed by atoms with Crippen molar-refractivity contribution < 1.29 is 34.0 Å². The minimum atomic E-state index is -0.620. The summed E-state index contributed by atoms with van der Waals surface area (Å²) in [6, 6.07) is 19.9. The number of esters is 1. The maximum atomic E-state index is 14.2. The number of amides is 1. The van der Waals surface area contributed by atoms with E-state index in [1.165, 1.54) is 0 Å². The Morgan fingerprint density at radius 1 is 0.917 bits per heavy atom. The molecule has 5 rings (SSSR count). The predicted octanol–water partition coefficient (Wildman–Crippen LogP) is 7.15. The number of fused-ring (bicyclic) bond motifs is 1. The van der Waals surface area contributed by atoms with Crippen LogP contribution in [0.4, 0.5) is 4.79 Å². The van der Waals surface area contributed by atoms with Crippen molar-refractivity contribution in [1.82, 2.24) is 4.90 Å². The molecule has 9 atom stereocenters. The van der Waals surface area contributed by atoms with Crippen molar-refractivity contribution in [3.8, 4) is 0 Å². The third kappa shape index (κ3) is 8.99. The van der Waals surface area contributed by atoms with Gasteiger partial charge >= 0.3 is 12.1 Å². The Labute approximate surface area is 287 Å². The van der Waals surface area contributed by atoms with Gasteiger partial charge in [0.05, 0.1) is 17.6 Å². The zero-order valence-corrected chi connectivity index (χ0v) is 29.3. The van der Waals surface area contributed by atoms with E-state index in [0.29, 0.717) is 51.3 Å². The first kappa shape index (κ1) is 36.3. The number of aliphatic hydroxyl groups is 2. The van der Waals surface area contributed by atoms with Gasteiger partial charge in [-0.3, -0.25) is 9.69 Å². The van der Waals surface area contributed by atoms with Gasteiger partial charge in [0.1, 0.15) is 12.2 Å². The average molecular weight is 664 g/mol. The lowest BCUT2D eigenvalue weighted by Gasteiger charge is -2.53. The summed E-state index contributed by atoms with van der Waals surface area (Å²) >= 11 is 0. The van der Waals surface area contributed by atoms with Gasteiger partial charge in [-0.25, -0.2) is 4.79 Å². The highest BCUT2D eigenvalue weighted by molar-refractivity contribution is 5.76. The fraction of sp³-hybridized carbons (Fsp3) is 0.650. The molecule has 0 radical (unpaired) electrons. The number of carbonyl (C=O) groups excluding carboxylic acids is 2. The predicted molar refractivity (Wildman–Crippen MR) is 185 cm³/mol. The molecule has 48 heavy (non-hydrogen) atoms.